The maximum absolute atomic E-state index is 9.72. The number of aliphatic hydroxyl groups is 1. The van der Waals surface area contributed by atoms with Crippen molar-refractivity contribution in [2.45, 2.75) is 38.1 Å². The molecule has 4 heteroatoms. The maximum Gasteiger partial charge on any atom is 0.0661 e. The Bertz CT molecular complexity index is 385. The van der Waals surface area contributed by atoms with Gasteiger partial charge in [0.15, 0.2) is 0 Å². The number of nitrogens with one attached hydrogen (secondary N) is 1. The van der Waals surface area contributed by atoms with Crippen LogP contribution < -0.4 is 5.32 Å². The van der Waals surface area contributed by atoms with E-state index in [1.54, 1.807) is 12.4 Å². The highest BCUT2D eigenvalue weighted by Gasteiger charge is 2.34. The molecule has 2 atom stereocenters. The van der Waals surface area contributed by atoms with E-state index in [0.717, 1.165) is 23.0 Å². The molecule has 1 saturated carbocycles. The molecule has 1 aromatic rings. The Balaban J connectivity index is 2.17. The van der Waals surface area contributed by atoms with Crippen LogP contribution in [0.4, 0.5) is 5.69 Å². The van der Waals surface area contributed by atoms with E-state index in [-0.39, 0.29) is 12.1 Å². The van der Waals surface area contributed by atoms with Crippen molar-refractivity contribution in [2.24, 2.45) is 5.92 Å². The molecule has 1 aliphatic carbocycles. The Hall–Kier alpha value is -0.610. The Kier molecular flexibility index (Phi) is 4.05. The first-order valence-electron chi connectivity index (χ1n) is 6.14. The third-order valence-electron chi connectivity index (χ3n) is 3.57. The molecule has 0 spiro atoms. The molecule has 2 N–H and O–H groups in total. The van der Waals surface area contributed by atoms with Crippen LogP contribution in [0.15, 0.2) is 22.9 Å². The highest BCUT2D eigenvalue weighted by molar-refractivity contribution is 9.10. The molecule has 0 aromatic carbocycles. The summed E-state index contributed by atoms with van der Waals surface area (Å²) >= 11 is 3.48. The fraction of sp³-hybridized carbons (Fsp3) is 0.615. The quantitative estimate of drug-likeness (QED) is 0.901. The molecule has 0 amide bonds. The number of hydrogen-bond acceptors (Lipinski definition) is 3. The monoisotopic (exact) mass is 298 g/mol. The van der Waals surface area contributed by atoms with Gasteiger partial charge >= 0.3 is 0 Å². The van der Waals surface area contributed by atoms with Crippen molar-refractivity contribution in [3.8, 4) is 0 Å². The standard InChI is InChI=1S/C13H19BrN2O/c1-10-3-2-5-13(7-10,9-17)16-12-4-6-15-8-11(12)14/h4,6,8,10,17H,2-3,5,7,9H2,1H3,(H,15,16). The fourth-order valence-electron chi connectivity index (χ4n) is 2.72. The van der Waals surface area contributed by atoms with Gasteiger partial charge in [-0.25, -0.2) is 0 Å². The molecular formula is C13H19BrN2O. The highest BCUT2D eigenvalue weighted by atomic mass is 79.9. The Morgan fingerprint density at radius 1 is 1.65 bits per heavy atom. The molecule has 17 heavy (non-hydrogen) atoms. The summed E-state index contributed by atoms with van der Waals surface area (Å²) in [6.45, 7) is 2.44. The fourth-order valence-corrected chi connectivity index (χ4v) is 3.07. The van der Waals surface area contributed by atoms with Crippen molar-refractivity contribution in [1.29, 1.82) is 0 Å². The van der Waals surface area contributed by atoms with Gasteiger partial charge in [0.05, 0.1) is 22.3 Å². The van der Waals surface area contributed by atoms with Gasteiger partial charge < -0.3 is 10.4 Å². The van der Waals surface area contributed by atoms with Crippen LogP contribution >= 0.6 is 15.9 Å². The molecule has 1 aromatic heterocycles. The number of anilines is 1. The molecule has 1 aliphatic rings. The molecule has 0 radical (unpaired) electrons. The second-order valence-electron chi connectivity index (χ2n) is 5.12. The molecule has 0 saturated heterocycles. The third kappa shape index (κ3) is 2.99. The van der Waals surface area contributed by atoms with Gasteiger partial charge in [0.2, 0.25) is 0 Å². The summed E-state index contributed by atoms with van der Waals surface area (Å²) in [7, 11) is 0. The third-order valence-corrected chi connectivity index (χ3v) is 4.20. The van der Waals surface area contributed by atoms with Gasteiger partial charge in [-0.15, -0.1) is 0 Å². The first kappa shape index (κ1) is 12.8. The van der Waals surface area contributed by atoms with Crippen LogP contribution in [0.1, 0.15) is 32.6 Å². The molecule has 1 fully saturated rings. The number of pyridine rings is 1. The minimum Gasteiger partial charge on any atom is -0.394 e. The smallest absolute Gasteiger partial charge is 0.0661 e. The van der Waals surface area contributed by atoms with Crippen LogP contribution in [-0.2, 0) is 0 Å². The zero-order chi connectivity index (χ0) is 12.3. The van der Waals surface area contributed by atoms with E-state index < -0.39 is 0 Å². The lowest BCUT2D eigenvalue weighted by atomic mass is 9.76. The zero-order valence-corrected chi connectivity index (χ0v) is 11.7. The average molecular weight is 299 g/mol. The summed E-state index contributed by atoms with van der Waals surface area (Å²) in [5, 5.41) is 13.2. The van der Waals surface area contributed by atoms with Crippen LogP contribution in [0, 0.1) is 5.92 Å². The summed E-state index contributed by atoms with van der Waals surface area (Å²) < 4.78 is 0.950. The normalized spacial score (nSPS) is 29.0. The largest absolute Gasteiger partial charge is 0.394 e. The predicted molar refractivity (Wildman–Crippen MR) is 73.0 cm³/mol. The van der Waals surface area contributed by atoms with E-state index in [1.807, 2.05) is 6.07 Å². The van der Waals surface area contributed by atoms with Crippen molar-refractivity contribution >= 4 is 21.6 Å². The molecule has 2 rings (SSSR count). The number of hydrogen-bond donors (Lipinski definition) is 2. The molecular weight excluding hydrogens is 280 g/mol. The van der Waals surface area contributed by atoms with Gasteiger partial charge in [-0.05, 0) is 40.8 Å². The van der Waals surface area contributed by atoms with Crippen LogP contribution in [0.25, 0.3) is 0 Å². The minimum atomic E-state index is -0.165. The van der Waals surface area contributed by atoms with E-state index in [1.165, 1.54) is 12.8 Å². The first-order chi connectivity index (χ1) is 8.15. The van der Waals surface area contributed by atoms with Crippen molar-refractivity contribution in [2.75, 3.05) is 11.9 Å². The summed E-state index contributed by atoms with van der Waals surface area (Å²) in [5.74, 6) is 0.670. The first-order valence-corrected chi connectivity index (χ1v) is 6.93. The Morgan fingerprint density at radius 2 is 2.47 bits per heavy atom. The highest BCUT2D eigenvalue weighted by Crippen LogP contribution is 2.36. The summed E-state index contributed by atoms with van der Waals surface area (Å²) in [6.07, 6.45) is 8.04. The molecule has 3 nitrogen and oxygen atoms in total. The number of halogens is 1. The second-order valence-corrected chi connectivity index (χ2v) is 5.97. The van der Waals surface area contributed by atoms with Crippen molar-refractivity contribution in [3.05, 3.63) is 22.9 Å². The molecule has 0 aliphatic heterocycles. The molecule has 1 heterocycles. The zero-order valence-electron chi connectivity index (χ0n) is 10.1. The van der Waals surface area contributed by atoms with Crippen LogP contribution in [0.3, 0.4) is 0 Å². The van der Waals surface area contributed by atoms with Crippen molar-refractivity contribution < 1.29 is 5.11 Å². The summed E-state index contributed by atoms with van der Waals surface area (Å²) in [6, 6.07) is 1.95. The predicted octanol–water partition coefficient (Wildman–Crippen LogP) is 3.20. The molecule has 2 unspecified atom stereocenters. The topological polar surface area (TPSA) is 45.1 Å². The number of nitrogens with zero attached hydrogens (tertiary/aromatic N) is 1. The number of rotatable bonds is 3. The lowest BCUT2D eigenvalue weighted by molar-refractivity contribution is 0.149. The number of aliphatic hydroxyl groups excluding tert-OH is 1. The Morgan fingerprint density at radius 3 is 3.12 bits per heavy atom. The second kappa shape index (κ2) is 5.36. The average Bonchev–Trinajstić information content (AvgIpc) is 2.32. The maximum atomic E-state index is 9.72. The lowest BCUT2D eigenvalue weighted by Crippen LogP contribution is -2.45. The van der Waals surface area contributed by atoms with Crippen LogP contribution in [0.5, 0.6) is 0 Å². The summed E-state index contributed by atoms with van der Waals surface area (Å²) in [4.78, 5) is 4.05. The van der Waals surface area contributed by atoms with Gasteiger partial charge in [-0.1, -0.05) is 19.8 Å². The SMILES string of the molecule is CC1CCCC(CO)(Nc2ccncc2Br)C1. The van der Waals surface area contributed by atoms with Gasteiger partial charge in [0.25, 0.3) is 0 Å². The van der Waals surface area contributed by atoms with E-state index in [9.17, 15) is 5.11 Å². The van der Waals surface area contributed by atoms with Gasteiger partial charge in [0.1, 0.15) is 0 Å². The van der Waals surface area contributed by atoms with E-state index in [2.05, 4.69) is 33.2 Å². The van der Waals surface area contributed by atoms with E-state index in [4.69, 9.17) is 0 Å². The molecule has 0 bridgehead atoms. The lowest BCUT2D eigenvalue weighted by Gasteiger charge is -2.40. The summed E-state index contributed by atoms with van der Waals surface area (Å²) in [5.41, 5.74) is 0.852. The van der Waals surface area contributed by atoms with E-state index >= 15 is 0 Å². The van der Waals surface area contributed by atoms with Crippen LogP contribution in [0.2, 0.25) is 0 Å². The van der Waals surface area contributed by atoms with Crippen molar-refractivity contribution in [3.63, 3.8) is 0 Å². The van der Waals surface area contributed by atoms with E-state index in [0.29, 0.717) is 5.92 Å². The van der Waals surface area contributed by atoms with Gasteiger partial charge in [-0.3, -0.25) is 4.98 Å². The Labute approximate surface area is 111 Å². The molecule has 94 valence electrons. The van der Waals surface area contributed by atoms with Crippen molar-refractivity contribution in [1.82, 2.24) is 4.98 Å². The number of aromatic nitrogens is 1. The minimum absolute atomic E-state index is 0.165. The van der Waals surface area contributed by atoms with Crippen LogP contribution in [-0.4, -0.2) is 22.2 Å². The van der Waals surface area contributed by atoms with Gasteiger partial charge in [-0.2, -0.15) is 0 Å². The van der Waals surface area contributed by atoms with Gasteiger partial charge in [0, 0.05) is 12.4 Å².